The Kier molecular flexibility index (Phi) is 5.31. The number of alkyl halides is 2. The Morgan fingerprint density at radius 3 is 2.56 bits per heavy atom. The van der Waals surface area contributed by atoms with Crippen molar-refractivity contribution in [2.24, 2.45) is 0 Å². The maximum Gasteiger partial charge on any atom is 0.0554 e. The molecule has 1 unspecified atom stereocenters. The minimum atomic E-state index is 0.0764. The quantitative estimate of drug-likeness (QED) is 0.445. The minimum absolute atomic E-state index is 0.0764. The van der Waals surface area contributed by atoms with Crippen LogP contribution in [0.3, 0.4) is 0 Å². The van der Waals surface area contributed by atoms with E-state index in [2.05, 4.69) is 13.5 Å². The van der Waals surface area contributed by atoms with Gasteiger partial charge in [0.1, 0.15) is 0 Å². The minimum Gasteiger partial charge on any atom is -0.122 e. The van der Waals surface area contributed by atoms with Gasteiger partial charge in [-0.1, -0.05) is 19.9 Å². The van der Waals surface area contributed by atoms with Crippen molar-refractivity contribution in [2.75, 3.05) is 5.88 Å². The maximum atomic E-state index is 5.85. The summed E-state index contributed by atoms with van der Waals surface area (Å²) >= 11 is 11.3. The van der Waals surface area contributed by atoms with Crippen LogP contribution in [0.4, 0.5) is 0 Å². The molecule has 0 aliphatic heterocycles. The van der Waals surface area contributed by atoms with Crippen LogP contribution in [0, 0.1) is 0 Å². The summed E-state index contributed by atoms with van der Waals surface area (Å²) in [5.74, 6) is 0.480. The van der Waals surface area contributed by atoms with E-state index < -0.39 is 0 Å². The molecule has 1 atom stereocenters. The van der Waals surface area contributed by atoms with Gasteiger partial charge in [-0.25, -0.2) is 0 Å². The van der Waals surface area contributed by atoms with Gasteiger partial charge in [0.15, 0.2) is 0 Å². The molecule has 0 N–H and O–H groups in total. The van der Waals surface area contributed by atoms with Crippen LogP contribution in [0.2, 0.25) is 0 Å². The Morgan fingerprint density at radius 2 is 2.22 bits per heavy atom. The van der Waals surface area contributed by atoms with Gasteiger partial charge in [-0.05, 0) is 12.0 Å². The number of hydrogen-bond donors (Lipinski definition) is 0. The van der Waals surface area contributed by atoms with E-state index in [-0.39, 0.29) is 5.38 Å². The Balaban J connectivity index is 3.45. The third-order valence-electron chi connectivity index (χ3n) is 1.16. The molecule has 0 saturated heterocycles. The fourth-order valence-corrected chi connectivity index (χ4v) is 1.10. The lowest BCUT2D eigenvalue weighted by atomic mass is 10.1. The molecule has 0 aromatic heterocycles. The SMILES string of the molecule is C=C(CCl)C(Cl)CCC. The molecular formula is C7H12Cl2. The van der Waals surface area contributed by atoms with Crippen molar-refractivity contribution in [3.8, 4) is 0 Å². The van der Waals surface area contributed by atoms with Crippen molar-refractivity contribution in [1.82, 2.24) is 0 Å². The molecular weight excluding hydrogens is 155 g/mol. The van der Waals surface area contributed by atoms with Gasteiger partial charge in [-0.3, -0.25) is 0 Å². The first-order chi connectivity index (χ1) is 4.22. The van der Waals surface area contributed by atoms with Gasteiger partial charge in [0.05, 0.1) is 5.38 Å². The highest BCUT2D eigenvalue weighted by molar-refractivity contribution is 6.25. The van der Waals surface area contributed by atoms with E-state index in [1.54, 1.807) is 0 Å². The predicted octanol–water partition coefficient (Wildman–Crippen LogP) is 3.19. The summed E-state index contributed by atoms with van der Waals surface area (Å²) in [4.78, 5) is 0. The molecule has 0 radical (unpaired) electrons. The summed E-state index contributed by atoms with van der Waals surface area (Å²) in [6.45, 7) is 5.82. The zero-order valence-corrected chi connectivity index (χ0v) is 7.17. The molecule has 0 fully saturated rings. The molecule has 2 heteroatoms. The van der Waals surface area contributed by atoms with Gasteiger partial charge < -0.3 is 0 Å². The lowest BCUT2D eigenvalue weighted by molar-refractivity contribution is 0.797. The van der Waals surface area contributed by atoms with Crippen LogP contribution in [0.25, 0.3) is 0 Å². The lowest BCUT2D eigenvalue weighted by Crippen LogP contribution is -2.01. The second-order valence-corrected chi connectivity index (χ2v) is 2.84. The topological polar surface area (TPSA) is 0 Å². The number of hydrogen-bond acceptors (Lipinski definition) is 0. The third-order valence-corrected chi connectivity index (χ3v) is 2.03. The fourth-order valence-electron chi connectivity index (χ4n) is 0.541. The van der Waals surface area contributed by atoms with Crippen molar-refractivity contribution < 1.29 is 0 Å². The van der Waals surface area contributed by atoms with Crippen molar-refractivity contribution in [3.05, 3.63) is 12.2 Å². The van der Waals surface area contributed by atoms with Crippen molar-refractivity contribution in [2.45, 2.75) is 25.1 Å². The van der Waals surface area contributed by atoms with Gasteiger partial charge in [0, 0.05) is 5.88 Å². The fraction of sp³-hybridized carbons (Fsp3) is 0.714. The molecule has 0 amide bonds. The smallest absolute Gasteiger partial charge is 0.0554 e. The highest BCUT2D eigenvalue weighted by atomic mass is 35.5. The first-order valence-electron chi connectivity index (χ1n) is 3.10. The summed E-state index contributed by atoms with van der Waals surface area (Å²) in [6, 6.07) is 0. The summed E-state index contributed by atoms with van der Waals surface area (Å²) in [7, 11) is 0. The first-order valence-corrected chi connectivity index (χ1v) is 4.07. The average Bonchev–Trinajstić information content (AvgIpc) is 1.87. The van der Waals surface area contributed by atoms with Crippen LogP contribution in [0.15, 0.2) is 12.2 Å². The van der Waals surface area contributed by atoms with E-state index >= 15 is 0 Å². The third kappa shape index (κ3) is 3.83. The standard InChI is InChI=1S/C7H12Cl2/c1-3-4-7(9)6(2)5-8/h7H,2-5H2,1H3. The van der Waals surface area contributed by atoms with E-state index in [4.69, 9.17) is 23.2 Å². The largest absolute Gasteiger partial charge is 0.122 e. The molecule has 0 saturated carbocycles. The van der Waals surface area contributed by atoms with Crippen LogP contribution < -0.4 is 0 Å². The van der Waals surface area contributed by atoms with Gasteiger partial charge in [-0.2, -0.15) is 0 Å². The molecule has 0 spiro atoms. The monoisotopic (exact) mass is 166 g/mol. The Bertz CT molecular complexity index is 88.9. The van der Waals surface area contributed by atoms with Crippen LogP contribution in [-0.4, -0.2) is 11.3 Å². The van der Waals surface area contributed by atoms with E-state index in [0.717, 1.165) is 18.4 Å². The van der Waals surface area contributed by atoms with Crippen molar-refractivity contribution in [3.63, 3.8) is 0 Å². The molecule has 0 aliphatic carbocycles. The number of rotatable bonds is 4. The van der Waals surface area contributed by atoms with Crippen LogP contribution >= 0.6 is 23.2 Å². The van der Waals surface area contributed by atoms with Gasteiger partial charge in [-0.15, -0.1) is 23.2 Å². The summed E-state index contributed by atoms with van der Waals surface area (Å²) in [6.07, 6.45) is 2.07. The summed E-state index contributed by atoms with van der Waals surface area (Å²) in [5.41, 5.74) is 0.931. The van der Waals surface area contributed by atoms with E-state index in [0.29, 0.717) is 5.88 Å². The molecule has 0 aliphatic rings. The normalized spacial score (nSPS) is 13.2. The van der Waals surface area contributed by atoms with Gasteiger partial charge in [0.2, 0.25) is 0 Å². The Hall–Kier alpha value is 0.320. The van der Waals surface area contributed by atoms with E-state index in [9.17, 15) is 0 Å². The highest BCUT2D eigenvalue weighted by Crippen LogP contribution is 2.14. The molecule has 0 bridgehead atoms. The van der Waals surface area contributed by atoms with Crippen molar-refractivity contribution in [1.29, 1.82) is 0 Å². The average molecular weight is 167 g/mol. The molecule has 54 valence electrons. The summed E-state index contributed by atoms with van der Waals surface area (Å²) < 4.78 is 0. The molecule has 0 rings (SSSR count). The van der Waals surface area contributed by atoms with E-state index in [1.165, 1.54) is 0 Å². The molecule has 0 nitrogen and oxygen atoms in total. The second-order valence-electron chi connectivity index (χ2n) is 2.05. The zero-order valence-electron chi connectivity index (χ0n) is 5.66. The molecule has 0 aromatic rings. The van der Waals surface area contributed by atoms with Crippen LogP contribution in [0.1, 0.15) is 19.8 Å². The van der Waals surface area contributed by atoms with E-state index in [1.807, 2.05) is 0 Å². The molecule has 0 heterocycles. The molecule has 0 aromatic carbocycles. The Morgan fingerprint density at radius 1 is 1.67 bits per heavy atom. The van der Waals surface area contributed by atoms with Crippen molar-refractivity contribution >= 4 is 23.2 Å². The zero-order chi connectivity index (χ0) is 7.28. The first kappa shape index (κ1) is 9.32. The summed E-state index contributed by atoms with van der Waals surface area (Å²) in [5, 5.41) is 0.0764. The Labute approximate surface area is 66.8 Å². The van der Waals surface area contributed by atoms with Crippen LogP contribution in [0.5, 0.6) is 0 Å². The lowest BCUT2D eigenvalue weighted by Gasteiger charge is -2.06. The molecule has 9 heavy (non-hydrogen) atoms. The number of allylic oxidation sites excluding steroid dienone is 1. The van der Waals surface area contributed by atoms with Gasteiger partial charge in [0.25, 0.3) is 0 Å². The number of halogens is 2. The highest BCUT2D eigenvalue weighted by Gasteiger charge is 2.04. The van der Waals surface area contributed by atoms with Crippen LogP contribution in [-0.2, 0) is 0 Å². The van der Waals surface area contributed by atoms with Gasteiger partial charge >= 0.3 is 0 Å². The predicted molar refractivity (Wildman–Crippen MR) is 44.4 cm³/mol. The maximum absolute atomic E-state index is 5.85. The second kappa shape index (κ2) is 5.13.